The van der Waals surface area contributed by atoms with Crippen LogP contribution in [-0.2, 0) is 6.42 Å². The predicted molar refractivity (Wildman–Crippen MR) is 90.6 cm³/mol. The van der Waals surface area contributed by atoms with Gasteiger partial charge in [-0.2, -0.15) is 0 Å². The van der Waals surface area contributed by atoms with E-state index in [0.717, 1.165) is 12.3 Å². The van der Waals surface area contributed by atoms with Gasteiger partial charge in [0.05, 0.1) is 0 Å². The monoisotopic (exact) mass is 283 g/mol. The number of rotatable bonds is 2. The highest BCUT2D eigenvalue weighted by molar-refractivity contribution is 5.41. The first-order valence-electron chi connectivity index (χ1n) is 8.47. The molecule has 0 amide bonds. The molecular formula is C20H29N. The van der Waals surface area contributed by atoms with Crippen LogP contribution in [0.25, 0.3) is 0 Å². The van der Waals surface area contributed by atoms with Gasteiger partial charge in [0, 0.05) is 19.1 Å². The largest absolute Gasteiger partial charge is 0.295 e. The molecule has 114 valence electrons. The summed E-state index contributed by atoms with van der Waals surface area (Å²) in [6, 6.07) is 5.45. The molecule has 3 rings (SSSR count). The number of hydrogen-bond acceptors (Lipinski definition) is 1. The van der Waals surface area contributed by atoms with Gasteiger partial charge in [0.15, 0.2) is 0 Å². The van der Waals surface area contributed by atoms with Crippen LogP contribution in [0.2, 0.25) is 0 Å². The van der Waals surface area contributed by atoms with Gasteiger partial charge in [-0.15, -0.1) is 0 Å². The fraction of sp³-hybridized carbons (Fsp3) is 0.600. The van der Waals surface area contributed by atoms with E-state index in [2.05, 4.69) is 51.3 Å². The third kappa shape index (κ3) is 2.81. The minimum atomic E-state index is 0.587. The van der Waals surface area contributed by atoms with Gasteiger partial charge in [-0.1, -0.05) is 38.1 Å². The van der Waals surface area contributed by atoms with E-state index < -0.39 is 0 Å². The Balaban J connectivity index is 1.87. The van der Waals surface area contributed by atoms with Crippen LogP contribution < -0.4 is 0 Å². The lowest BCUT2D eigenvalue weighted by Crippen LogP contribution is -2.43. The van der Waals surface area contributed by atoms with Crippen molar-refractivity contribution in [1.29, 1.82) is 0 Å². The smallest absolute Gasteiger partial charge is 0.0388 e. The lowest BCUT2D eigenvalue weighted by Gasteiger charge is -2.45. The molecule has 2 aliphatic rings. The molecular weight excluding hydrogens is 254 g/mol. The van der Waals surface area contributed by atoms with Gasteiger partial charge < -0.3 is 0 Å². The molecule has 21 heavy (non-hydrogen) atoms. The van der Waals surface area contributed by atoms with Crippen molar-refractivity contribution in [3.05, 3.63) is 46.5 Å². The van der Waals surface area contributed by atoms with Crippen molar-refractivity contribution in [2.45, 2.75) is 53.0 Å². The Morgan fingerprint density at radius 3 is 2.67 bits per heavy atom. The third-order valence-corrected chi connectivity index (χ3v) is 5.47. The van der Waals surface area contributed by atoms with Crippen molar-refractivity contribution in [3.63, 3.8) is 0 Å². The molecule has 0 N–H and O–H groups in total. The van der Waals surface area contributed by atoms with Crippen LogP contribution in [0, 0.1) is 25.7 Å². The highest BCUT2D eigenvalue weighted by Gasteiger charge is 2.35. The molecule has 1 aromatic carbocycles. The van der Waals surface area contributed by atoms with E-state index in [1.807, 2.05) is 0 Å². The molecule has 1 aromatic rings. The average molecular weight is 283 g/mol. The number of fused-ring (bicyclic) bond motifs is 3. The van der Waals surface area contributed by atoms with E-state index >= 15 is 0 Å². The SMILES string of the molecule is C=C1CC2c3cc(C)c(C)cc3CCN2CC1CC(C)C. The van der Waals surface area contributed by atoms with E-state index in [-0.39, 0.29) is 0 Å². The standard InChI is InChI=1S/C20H29N/c1-13(2)8-18-12-21-7-6-17-9-14(3)15(4)10-19(17)20(21)11-16(18)5/h9-10,13,18,20H,5-8,11-12H2,1-4H3. The van der Waals surface area contributed by atoms with Gasteiger partial charge in [0.25, 0.3) is 0 Å². The van der Waals surface area contributed by atoms with Gasteiger partial charge in [-0.25, -0.2) is 0 Å². The summed E-state index contributed by atoms with van der Waals surface area (Å²) in [5, 5.41) is 0. The minimum Gasteiger partial charge on any atom is -0.295 e. The number of hydrogen-bond donors (Lipinski definition) is 0. The van der Waals surface area contributed by atoms with Crippen molar-refractivity contribution in [2.24, 2.45) is 11.8 Å². The van der Waals surface area contributed by atoms with Gasteiger partial charge in [-0.3, -0.25) is 4.90 Å². The van der Waals surface area contributed by atoms with Gasteiger partial charge in [0.1, 0.15) is 0 Å². The Kier molecular flexibility index (Phi) is 3.96. The zero-order valence-electron chi connectivity index (χ0n) is 14.1. The zero-order valence-corrected chi connectivity index (χ0v) is 14.1. The molecule has 1 fully saturated rings. The number of benzene rings is 1. The quantitative estimate of drug-likeness (QED) is 0.703. The van der Waals surface area contributed by atoms with E-state index in [1.165, 1.54) is 42.6 Å². The second-order valence-electron chi connectivity index (χ2n) is 7.58. The first-order chi connectivity index (χ1) is 9.95. The predicted octanol–water partition coefficient (Wildman–Crippen LogP) is 4.82. The van der Waals surface area contributed by atoms with Crippen molar-refractivity contribution in [2.75, 3.05) is 13.1 Å². The number of aryl methyl sites for hydroxylation is 2. The highest BCUT2D eigenvalue weighted by atomic mass is 15.2. The Morgan fingerprint density at radius 1 is 1.24 bits per heavy atom. The molecule has 0 aliphatic carbocycles. The highest BCUT2D eigenvalue weighted by Crippen LogP contribution is 2.42. The maximum absolute atomic E-state index is 4.43. The van der Waals surface area contributed by atoms with Crippen molar-refractivity contribution in [3.8, 4) is 0 Å². The Hall–Kier alpha value is -1.08. The zero-order chi connectivity index (χ0) is 15.1. The second-order valence-corrected chi connectivity index (χ2v) is 7.58. The first-order valence-corrected chi connectivity index (χ1v) is 8.47. The third-order valence-electron chi connectivity index (χ3n) is 5.47. The molecule has 2 heterocycles. The number of nitrogens with zero attached hydrogens (tertiary/aromatic N) is 1. The molecule has 2 unspecified atom stereocenters. The van der Waals surface area contributed by atoms with Crippen LogP contribution in [0.1, 0.15) is 55.0 Å². The Bertz CT molecular complexity index is 555. The summed E-state index contributed by atoms with van der Waals surface area (Å²) in [6.07, 6.45) is 3.67. The lowest BCUT2D eigenvalue weighted by molar-refractivity contribution is 0.124. The average Bonchev–Trinajstić information content (AvgIpc) is 2.41. The van der Waals surface area contributed by atoms with Crippen LogP contribution in [0.3, 0.4) is 0 Å². The molecule has 1 heteroatoms. The minimum absolute atomic E-state index is 0.587. The maximum Gasteiger partial charge on any atom is 0.0388 e. The van der Waals surface area contributed by atoms with Crippen molar-refractivity contribution >= 4 is 0 Å². The van der Waals surface area contributed by atoms with E-state index in [1.54, 1.807) is 11.1 Å². The summed E-state index contributed by atoms with van der Waals surface area (Å²) in [7, 11) is 0. The van der Waals surface area contributed by atoms with Crippen LogP contribution >= 0.6 is 0 Å². The van der Waals surface area contributed by atoms with Crippen LogP contribution in [0.5, 0.6) is 0 Å². The number of piperidine rings is 1. The first kappa shape index (κ1) is 14.8. The molecule has 0 radical (unpaired) electrons. The maximum atomic E-state index is 4.43. The van der Waals surface area contributed by atoms with Crippen LogP contribution in [-0.4, -0.2) is 18.0 Å². The van der Waals surface area contributed by atoms with E-state index in [9.17, 15) is 0 Å². The van der Waals surface area contributed by atoms with Crippen LogP contribution in [0.15, 0.2) is 24.3 Å². The summed E-state index contributed by atoms with van der Waals surface area (Å²) in [5.74, 6) is 1.47. The summed E-state index contributed by atoms with van der Waals surface area (Å²) in [5.41, 5.74) is 7.51. The van der Waals surface area contributed by atoms with Crippen molar-refractivity contribution < 1.29 is 0 Å². The molecule has 2 aliphatic heterocycles. The summed E-state index contributed by atoms with van der Waals surface area (Å²) < 4.78 is 0. The van der Waals surface area contributed by atoms with E-state index in [0.29, 0.717) is 12.0 Å². The van der Waals surface area contributed by atoms with Gasteiger partial charge >= 0.3 is 0 Å². The fourth-order valence-electron chi connectivity index (χ4n) is 4.14. The molecule has 1 saturated heterocycles. The molecule has 0 spiro atoms. The lowest BCUT2D eigenvalue weighted by atomic mass is 9.78. The van der Waals surface area contributed by atoms with Crippen molar-refractivity contribution in [1.82, 2.24) is 4.90 Å². The van der Waals surface area contributed by atoms with E-state index in [4.69, 9.17) is 0 Å². The second kappa shape index (κ2) is 5.61. The normalized spacial score (nSPS) is 25.9. The summed E-state index contributed by atoms with van der Waals surface area (Å²) in [4.78, 5) is 2.72. The molecule has 2 atom stereocenters. The Morgan fingerprint density at radius 2 is 1.95 bits per heavy atom. The molecule has 0 saturated carbocycles. The molecule has 1 nitrogen and oxygen atoms in total. The Labute approximate surface area is 130 Å². The molecule has 0 bridgehead atoms. The van der Waals surface area contributed by atoms with Gasteiger partial charge in [-0.05, 0) is 67.2 Å². The summed E-state index contributed by atoms with van der Waals surface area (Å²) >= 11 is 0. The fourth-order valence-corrected chi connectivity index (χ4v) is 4.14. The molecule has 0 aromatic heterocycles. The summed E-state index contributed by atoms with van der Waals surface area (Å²) in [6.45, 7) is 16.0. The van der Waals surface area contributed by atoms with Crippen LogP contribution in [0.4, 0.5) is 0 Å². The topological polar surface area (TPSA) is 3.24 Å². The van der Waals surface area contributed by atoms with Gasteiger partial charge in [0.2, 0.25) is 0 Å².